The van der Waals surface area contributed by atoms with Crippen molar-refractivity contribution in [2.45, 2.75) is 19.3 Å². The molecule has 1 aromatic rings. The Bertz CT molecular complexity index is 377. The summed E-state index contributed by atoms with van der Waals surface area (Å²) in [5.41, 5.74) is 6.25. The molecule has 2 rings (SSSR count). The third-order valence-corrected chi connectivity index (χ3v) is 3.97. The van der Waals surface area contributed by atoms with Crippen molar-refractivity contribution in [3.05, 3.63) is 21.9 Å². The van der Waals surface area contributed by atoms with Crippen LogP contribution in [0.1, 0.15) is 22.8 Å². The second kappa shape index (κ2) is 3.83. The van der Waals surface area contributed by atoms with Crippen LogP contribution >= 0.6 is 11.3 Å². The fraction of sp³-hybridized carbons (Fsp3) is 0.500. The Balaban J connectivity index is 1.92. The number of amides is 2. The lowest BCUT2D eigenvalue weighted by Gasteiger charge is -2.10. The van der Waals surface area contributed by atoms with Crippen LogP contribution in [0.3, 0.4) is 0 Å². The van der Waals surface area contributed by atoms with Crippen LogP contribution in [-0.4, -0.2) is 22.8 Å². The Morgan fingerprint density at radius 1 is 1.80 bits per heavy atom. The van der Waals surface area contributed by atoms with Crippen molar-refractivity contribution in [1.82, 2.24) is 5.06 Å². The molecular formula is C10H14N2O2S. The minimum Gasteiger partial charge on any atom is -0.350 e. The average molecular weight is 226 g/mol. The maximum absolute atomic E-state index is 10.6. The highest BCUT2D eigenvalue weighted by Crippen LogP contribution is 2.50. The molecule has 1 aromatic heterocycles. The second-order valence-electron chi connectivity index (χ2n) is 3.99. The van der Waals surface area contributed by atoms with E-state index in [0.29, 0.717) is 23.4 Å². The van der Waals surface area contributed by atoms with Crippen molar-refractivity contribution in [2.24, 2.45) is 11.7 Å². The summed E-state index contributed by atoms with van der Waals surface area (Å²) < 4.78 is 0. The molecule has 3 N–H and O–H groups in total. The first-order valence-corrected chi connectivity index (χ1v) is 5.77. The molecule has 0 bridgehead atoms. The van der Waals surface area contributed by atoms with Gasteiger partial charge in [0, 0.05) is 4.88 Å². The van der Waals surface area contributed by atoms with Crippen LogP contribution in [0.5, 0.6) is 0 Å². The number of primary amides is 1. The van der Waals surface area contributed by atoms with Crippen molar-refractivity contribution < 1.29 is 10.0 Å². The van der Waals surface area contributed by atoms with Gasteiger partial charge in [0.25, 0.3) is 0 Å². The van der Waals surface area contributed by atoms with Crippen molar-refractivity contribution in [1.29, 1.82) is 0 Å². The third-order valence-electron chi connectivity index (χ3n) is 2.82. The number of rotatable bonds is 3. The first-order chi connectivity index (χ1) is 7.09. The number of urea groups is 1. The van der Waals surface area contributed by atoms with Crippen LogP contribution < -0.4 is 5.73 Å². The molecule has 0 aliphatic heterocycles. The fourth-order valence-corrected chi connectivity index (χ4v) is 2.98. The van der Waals surface area contributed by atoms with E-state index >= 15 is 0 Å². The van der Waals surface area contributed by atoms with Gasteiger partial charge in [0.05, 0.1) is 6.54 Å². The number of hydroxylamine groups is 2. The van der Waals surface area contributed by atoms with E-state index in [2.05, 4.69) is 18.4 Å². The quantitative estimate of drug-likeness (QED) is 0.611. The molecule has 2 amide bonds. The summed E-state index contributed by atoms with van der Waals surface area (Å²) in [6.45, 7) is 2.43. The highest BCUT2D eigenvalue weighted by atomic mass is 32.1. The number of nitrogens with two attached hydrogens (primary N) is 1. The van der Waals surface area contributed by atoms with E-state index in [1.54, 1.807) is 11.3 Å². The summed E-state index contributed by atoms with van der Waals surface area (Å²) >= 11 is 1.74. The normalized spacial score (nSPS) is 23.9. The van der Waals surface area contributed by atoms with Crippen molar-refractivity contribution in [3.8, 4) is 0 Å². The van der Waals surface area contributed by atoms with E-state index < -0.39 is 6.03 Å². The number of carbonyl (C=O) groups is 1. The number of hydrogen-bond donors (Lipinski definition) is 2. The summed E-state index contributed by atoms with van der Waals surface area (Å²) in [4.78, 5) is 12.0. The Morgan fingerprint density at radius 3 is 3.07 bits per heavy atom. The minimum atomic E-state index is -0.774. The first kappa shape index (κ1) is 10.4. The van der Waals surface area contributed by atoms with Gasteiger partial charge in [-0.1, -0.05) is 0 Å². The zero-order valence-corrected chi connectivity index (χ0v) is 9.33. The second-order valence-corrected chi connectivity index (χ2v) is 4.94. The van der Waals surface area contributed by atoms with E-state index in [4.69, 9.17) is 5.73 Å². The van der Waals surface area contributed by atoms with Crippen LogP contribution in [0.2, 0.25) is 0 Å². The van der Waals surface area contributed by atoms with Gasteiger partial charge in [-0.3, -0.25) is 5.21 Å². The van der Waals surface area contributed by atoms with Gasteiger partial charge in [0.15, 0.2) is 0 Å². The SMILES string of the molecule is Cc1ccsc1[C@@H]1C[C@H]1CN(O)C(N)=O. The number of aryl methyl sites for hydroxylation is 1. The van der Waals surface area contributed by atoms with Gasteiger partial charge in [0.1, 0.15) is 0 Å². The van der Waals surface area contributed by atoms with Crippen molar-refractivity contribution in [3.63, 3.8) is 0 Å². The van der Waals surface area contributed by atoms with Gasteiger partial charge in [0.2, 0.25) is 0 Å². The summed E-state index contributed by atoms with van der Waals surface area (Å²) in [6.07, 6.45) is 1.03. The standard InChI is InChI=1S/C10H14N2O2S/c1-6-2-3-15-9(6)8-4-7(8)5-12(14)10(11)13/h2-3,7-8,14H,4-5H2,1H3,(H2,11,13)/t7-,8+/m0/s1. The Hall–Kier alpha value is -1.07. The average Bonchev–Trinajstić information content (AvgIpc) is 2.79. The van der Waals surface area contributed by atoms with Gasteiger partial charge in [-0.25, -0.2) is 9.86 Å². The van der Waals surface area contributed by atoms with Gasteiger partial charge in [-0.15, -0.1) is 11.3 Å². The highest BCUT2D eigenvalue weighted by Gasteiger charge is 2.41. The lowest BCUT2D eigenvalue weighted by Crippen LogP contribution is -2.34. The van der Waals surface area contributed by atoms with E-state index in [1.165, 1.54) is 10.4 Å². The van der Waals surface area contributed by atoms with Crippen LogP contribution in [0, 0.1) is 12.8 Å². The van der Waals surface area contributed by atoms with Crippen LogP contribution in [0.15, 0.2) is 11.4 Å². The molecule has 0 aromatic carbocycles. The Kier molecular flexibility index (Phi) is 2.67. The molecule has 0 saturated heterocycles. The molecule has 1 fully saturated rings. The third kappa shape index (κ3) is 2.13. The zero-order valence-electron chi connectivity index (χ0n) is 8.51. The Labute approximate surface area is 92.3 Å². The lowest BCUT2D eigenvalue weighted by molar-refractivity contribution is -0.0431. The Morgan fingerprint density at radius 2 is 2.53 bits per heavy atom. The molecule has 0 radical (unpaired) electrons. The molecule has 2 atom stereocenters. The van der Waals surface area contributed by atoms with E-state index in [9.17, 15) is 10.0 Å². The number of hydrogen-bond acceptors (Lipinski definition) is 3. The number of thiophene rings is 1. The molecule has 0 unspecified atom stereocenters. The van der Waals surface area contributed by atoms with Gasteiger partial charge < -0.3 is 5.73 Å². The summed E-state index contributed by atoms with van der Waals surface area (Å²) in [6, 6.07) is 1.32. The first-order valence-electron chi connectivity index (χ1n) is 4.89. The van der Waals surface area contributed by atoms with Crippen molar-refractivity contribution >= 4 is 17.4 Å². The topological polar surface area (TPSA) is 66.6 Å². The minimum absolute atomic E-state index is 0.345. The van der Waals surface area contributed by atoms with Gasteiger partial charge in [-0.2, -0.15) is 0 Å². The monoisotopic (exact) mass is 226 g/mol. The summed E-state index contributed by atoms with van der Waals surface area (Å²) in [7, 11) is 0. The smallest absolute Gasteiger partial charge is 0.338 e. The van der Waals surface area contributed by atoms with Crippen LogP contribution in [0.25, 0.3) is 0 Å². The highest BCUT2D eigenvalue weighted by molar-refractivity contribution is 7.10. The van der Waals surface area contributed by atoms with Crippen LogP contribution in [0.4, 0.5) is 4.79 Å². The van der Waals surface area contributed by atoms with Gasteiger partial charge >= 0.3 is 6.03 Å². The number of nitrogens with zero attached hydrogens (tertiary/aromatic N) is 1. The maximum atomic E-state index is 10.6. The van der Waals surface area contributed by atoms with Crippen molar-refractivity contribution in [2.75, 3.05) is 6.54 Å². The summed E-state index contributed by atoms with van der Waals surface area (Å²) in [5, 5.41) is 11.9. The van der Waals surface area contributed by atoms with E-state index in [-0.39, 0.29) is 0 Å². The molecule has 1 heterocycles. The predicted molar refractivity (Wildman–Crippen MR) is 58.0 cm³/mol. The molecule has 1 aliphatic carbocycles. The molecule has 0 spiro atoms. The molecule has 15 heavy (non-hydrogen) atoms. The molecule has 82 valence electrons. The summed E-state index contributed by atoms with van der Waals surface area (Å²) in [5.74, 6) is 0.860. The fourth-order valence-electron chi connectivity index (χ4n) is 1.85. The molecule has 1 aliphatic rings. The number of carbonyl (C=O) groups excluding carboxylic acids is 1. The van der Waals surface area contributed by atoms with E-state index in [1.807, 2.05) is 0 Å². The largest absolute Gasteiger partial charge is 0.350 e. The molecule has 4 nitrogen and oxygen atoms in total. The molecule has 1 saturated carbocycles. The predicted octanol–water partition coefficient (Wildman–Crippen LogP) is 1.93. The van der Waals surface area contributed by atoms with Crippen LogP contribution in [-0.2, 0) is 0 Å². The molecule has 5 heteroatoms. The zero-order chi connectivity index (χ0) is 11.0. The maximum Gasteiger partial charge on any atom is 0.338 e. The lowest BCUT2D eigenvalue weighted by atomic mass is 10.2. The van der Waals surface area contributed by atoms with E-state index in [0.717, 1.165) is 6.42 Å². The van der Waals surface area contributed by atoms with Gasteiger partial charge in [-0.05, 0) is 42.2 Å². The molecular weight excluding hydrogens is 212 g/mol.